The molecule has 2 N–H and O–H groups in total. The Kier molecular flexibility index (Phi) is 6.01. The van der Waals surface area contributed by atoms with E-state index in [1.54, 1.807) is 24.3 Å². The van der Waals surface area contributed by atoms with Crippen LogP contribution in [0.15, 0.2) is 48.5 Å². The number of para-hydroxylation sites is 1. The molecule has 0 radical (unpaired) electrons. The van der Waals surface area contributed by atoms with E-state index in [1.807, 2.05) is 12.1 Å². The number of benzene rings is 2. The summed E-state index contributed by atoms with van der Waals surface area (Å²) in [7, 11) is 0. The number of ether oxygens (including phenoxy) is 1. The second kappa shape index (κ2) is 8.62. The summed E-state index contributed by atoms with van der Waals surface area (Å²) in [6.07, 6.45) is 2.29. The van der Waals surface area contributed by atoms with Crippen LogP contribution in [0.25, 0.3) is 0 Å². The minimum atomic E-state index is -0.277. The number of rotatable bonds is 6. The zero-order valence-electron chi connectivity index (χ0n) is 14.1. The number of amides is 1. The van der Waals surface area contributed by atoms with Gasteiger partial charge in [-0.1, -0.05) is 24.3 Å². The van der Waals surface area contributed by atoms with Gasteiger partial charge in [0.15, 0.2) is 0 Å². The highest BCUT2D eigenvalue weighted by Crippen LogP contribution is 2.20. The molecule has 132 valence electrons. The van der Waals surface area contributed by atoms with Crippen molar-refractivity contribution < 1.29 is 13.9 Å². The van der Waals surface area contributed by atoms with Gasteiger partial charge in [-0.3, -0.25) is 4.79 Å². The largest absolute Gasteiger partial charge is 0.488 e. The molecule has 2 aromatic carbocycles. The minimum absolute atomic E-state index is 0.125. The van der Waals surface area contributed by atoms with Gasteiger partial charge in [0.2, 0.25) is 0 Å². The molecule has 1 saturated heterocycles. The zero-order valence-corrected chi connectivity index (χ0v) is 14.1. The van der Waals surface area contributed by atoms with Crippen LogP contribution in [0.4, 0.5) is 4.39 Å². The molecule has 1 aliphatic rings. The highest BCUT2D eigenvalue weighted by molar-refractivity contribution is 5.96. The molecule has 0 aromatic heterocycles. The molecule has 1 amide bonds. The molecule has 1 fully saturated rings. The minimum Gasteiger partial charge on any atom is -0.488 e. The predicted octanol–water partition coefficient (Wildman–Crippen LogP) is 3.13. The third-order valence-electron chi connectivity index (χ3n) is 4.39. The fourth-order valence-electron chi connectivity index (χ4n) is 2.95. The maximum Gasteiger partial charge on any atom is 0.255 e. The summed E-state index contributed by atoms with van der Waals surface area (Å²) in [5, 5.41) is 6.36. The number of piperidine rings is 1. The first kappa shape index (κ1) is 17.4. The third kappa shape index (κ3) is 5.03. The van der Waals surface area contributed by atoms with Gasteiger partial charge < -0.3 is 15.4 Å². The Morgan fingerprint density at radius 1 is 1.20 bits per heavy atom. The van der Waals surface area contributed by atoms with E-state index >= 15 is 0 Å². The average Bonchev–Trinajstić information content (AvgIpc) is 2.67. The molecule has 0 aliphatic carbocycles. The van der Waals surface area contributed by atoms with Crippen LogP contribution < -0.4 is 15.4 Å². The molecule has 1 heterocycles. The van der Waals surface area contributed by atoms with Crippen molar-refractivity contribution in [2.24, 2.45) is 5.92 Å². The normalized spacial score (nSPS) is 17.1. The lowest BCUT2D eigenvalue weighted by atomic mass is 9.99. The monoisotopic (exact) mass is 342 g/mol. The van der Waals surface area contributed by atoms with Crippen molar-refractivity contribution in [1.82, 2.24) is 10.6 Å². The third-order valence-corrected chi connectivity index (χ3v) is 4.39. The van der Waals surface area contributed by atoms with Crippen molar-refractivity contribution in [2.45, 2.75) is 19.4 Å². The molecule has 2 aromatic rings. The van der Waals surface area contributed by atoms with Crippen LogP contribution in [0.3, 0.4) is 0 Å². The summed E-state index contributed by atoms with van der Waals surface area (Å²) in [5.74, 6) is 0.608. The van der Waals surface area contributed by atoms with E-state index in [0.29, 0.717) is 23.8 Å². The van der Waals surface area contributed by atoms with Gasteiger partial charge in [0.05, 0.1) is 5.56 Å². The fraction of sp³-hybridized carbons (Fsp3) is 0.350. The standard InChI is InChI=1S/C20H23FN2O2/c21-17-9-7-15(8-10-17)14-25-19-6-2-1-5-18(19)20(24)23-13-16-4-3-11-22-12-16/h1-2,5-10,16,22H,3-4,11-14H2,(H,23,24). The SMILES string of the molecule is O=C(NCC1CCCNC1)c1ccccc1OCc1ccc(F)cc1. The Morgan fingerprint density at radius 3 is 2.76 bits per heavy atom. The van der Waals surface area contributed by atoms with E-state index in [1.165, 1.54) is 12.1 Å². The first-order chi connectivity index (χ1) is 12.2. The maximum atomic E-state index is 13.0. The van der Waals surface area contributed by atoms with E-state index < -0.39 is 0 Å². The van der Waals surface area contributed by atoms with Crippen LogP contribution in [-0.4, -0.2) is 25.5 Å². The molecule has 0 saturated carbocycles. The van der Waals surface area contributed by atoms with Crippen molar-refractivity contribution in [3.05, 3.63) is 65.5 Å². The first-order valence-corrected chi connectivity index (χ1v) is 8.67. The van der Waals surface area contributed by atoms with Crippen LogP contribution in [0.5, 0.6) is 5.75 Å². The van der Waals surface area contributed by atoms with Gasteiger partial charge in [-0.05, 0) is 61.7 Å². The van der Waals surface area contributed by atoms with Gasteiger partial charge in [0.25, 0.3) is 5.91 Å². The molecule has 3 rings (SSSR count). The topological polar surface area (TPSA) is 50.4 Å². The van der Waals surface area contributed by atoms with Gasteiger partial charge in [0, 0.05) is 6.54 Å². The van der Waals surface area contributed by atoms with Gasteiger partial charge in [-0.2, -0.15) is 0 Å². The van der Waals surface area contributed by atoms with Gasteiger partial charge in [0.1, 0.15) is 18.2 Å². The van der Waals surface area contributed by atoms with E-state index in [9.17, 15) is 9.18 Å². The van der Waals surface area contributed by atoms with Crippen LogP contribution in [0, 0.1) is 11.7 Å². The average molecular weight is 342 g/mol. The Labute approximate surface area is 147 Å². The summed E-state index contributed by atoms with van der Waals surface area (Å²) >= 11 is 0. The quantitative estimate of drug-likeness (QED) is 0.848. The molecular formula is C20H23FN2O2. The summed E-state index contributed by atoms with van der Waals surface area (Å²) in [6.45, 7) is 2.96. The van der Waals surface area contributed by atoms with Crippen LogP contribution in [0.1, 0.15) is 28.8 Å². The number of carbonyl (C=O) groups excluding carboxylic acids is 1. The zero-order chi connectivity index (χ0) is 17.5. The summed E-state index contributed by atoms with van der Waals surface area (Å²) in [6, 6.07) is 13.3. The van der Waals surface area contributed by atoms with Gasteiger partial charge >= 0.3 is 0 Å². The number of nitrogens with one attached hydrogen (secondary N) is 2. The van der Waals surface area contributed by atoms with Gasteiger partial charge in [-0.25, -0.2) is 4.39 Å². The molecule has 25 heavy (non-hydrogen) atoms. The van der Waals surface area contributed by atoms with Crippen molar-refractivity contribution in [3.63, 3.8) is 0 Å². The molecule has 1 aliphatic heterocycles. The smallest absolute Gasteiger partial charge is 0.255 e. The Bertz CT molecular complexity index is 697. The Morgan fingerprint density at radius 2 is 2.00 bits per heavy atom. The maximum absolute atomic E-state index is 13.0. The lowest BCUT2D eigenvalue weighted by Crippen LogP contribution is -2.38. The number of carbonyl (C=O) groups is 1. The molecule has 1 atom stereocenters. The van der Waals surface area contributed by atoms with Crippen molar-refractivity contribution >= 4 is 5.91 Å². The second-order valence-electron chi connectivity index (χ2n) is 6.33. The number of hydrogen-bond acceptors (Lipinski definition) is 3. The lowest BCUT2D eigenvalue weighted by molar-refractivity contribution is 0.0940. The van der Waals surface area contributed by atoms with E-state index in [2.05, 4.69) is 10.6 Å². The molecule has 4 nitrogen and oxygen atoms in total. The van der Waals surface area contributed by atoms with Crippen molar-refractivity contribution in [1.29, 1.82) is 0 Å². The fourth-order valence-corrected chi connectivity index (χ4v) is 2.95. The van der Waals surface area contributed by atoms with E-state index in [4.69, 9.17) is 4.74 Å². The van der Waals surface area contributed by atoms with Crippen LogP contribution >= 0.6 is 0 Å². The summed E-state index contributed by atoms with van der Waals surface area (Å²) in [5.41, 5.74) is 1.37. The second-order valence-corrected chi connectivity index (χ2v) is 6.33. The Balaban J connectivity index is 1.59. The highest BCUT2D eigenvalue weighted by Gasteiger charge is 2.16. The molecule has 5 heteroatoms. The van der Waals surface area contributed by atoms with Crippen molar-refractivity contribution in [3.8, 4) is 5.75 Å². The Hall–Kier alpha value is -2.40. The van der Waals surface area contributed by atoms with Crippen LogP contribution in [0.2, 0.25) is 0 Å². The summed E-state index contributed by atoms with van der Waals surface area (Å²) < 4.78 is 18.7. The molecule has 1 unspecified atom stereocenters. The van der Waals surface area contributed by atoms with Crippen LogP contribution in [-0.2, 0) is 6.61 Å². The summed E-state index contributed by atoms with van der Waals surface area (Å²) in [4.78, 5) is 12.5. The van der Waals surface area contributed by atoms with Gasteiger partial charge in [-0.15, -0.1) is 0 Å². The first-order valence-electron chi connectivity index (χ1n) is 8.67. The molecule has 0 spiro atoms. The molecule has 0 bridgehead atoms. The van der Waals surface area contributed by atoms with E-state index in [-0.39, 0.29) is 18.3 Å². The molecular weight excluding hydrogens is 319 g/mol. The van der Waals surface area contributed by atoms with E-state index in [0.717, 1.165) is 31.5 Å². The number of hydrogen-bond donors (Lipinski definition) is 2. The number of halogens is 1. The lowest BCUT2D eigenvalue weighted by Gasteiger charge is -2.23. The van der Waals surface area contributed by atoms with Crippen molar-refractivity contribution in [2.75, 3.05) is 19.6 Å². The predicted molar refractivity (Wildman–Crippen MR) is 95.1 cm³/mol. The highest BCUT2D eigenvalue weighted by atomic mass is 19.1.